The summed E-state index contributed by atoms with van der Waals surface area (Å²) >= 11 is 0. The molecule has 0 radical (unpaired) electrons. The lowest BCUT2D eigenvalue weighted by atomic mass is 9.96. The Kier molecular flexibility index (Phi) is 10.9. The van der Waals surface area contributed by atoms with Crippen molar-refractivity contribution in [3.63, 3.8) is 0 Å². The van der Waals surface area contributed by atoms with Gasteiger partial charge in [-0.3, -0.25) is 0 Å². The molecular weight excluding hydrogens is 485 g/mol. The second kappa shape index (κ2) is 11.9. The van der Waals surface area contributed by atoms with Gasteiger partial charge < -0.3 is 13.3 Å². The molecule has 0 saturated carbocycles. The van der Waals surface area contributed by atoms with Crippen molar-refractivity contribution in [2.24, 2.45) is 5.92 Å². The lowest BCUT2D eigenvalue weighted by molar-refractivity contribution is -0.0527. The molecule has 1 heterocycles. The van der Waals surface area contributed by atoms with Crippen LogP contribution in [0.2, 0.25) is 18.1 Å². The Labute approximate surface area is 205 Å². The van der Waals surface area contributed by atoms with Gasteiger partial charge in [-0.25, -0.2) is 0 Å². The fraction of sp³-hybridized carbons (Fsp3) is 0.833. The Bertz CT molecular complexity index is 802. The predicted octanol–water partition coefficient (Wildman–Crippen LogP) is 7.47. The van der Waals surface area contributed by atoms with Crippen LogP contribution in [0, 0.1) is 5.92 Å². The van der Waals surface area contributed by atoms with Crippen LogP contribution >= 0.6 is 0 Å². The van der Waals surface area contributed by atoms with Crippen molar-refractivity contribution < 1.29 is 34.9 Å². The number of halogens is 3. The molecule has 0 spiro atoms. The molecule has 0 aromatic heterocycles. The first-order valence-corrected chi connectivity index (χ1v) is 16.3. The van der Waals surface area contributed by atoms with Crippen molar-refractivity contribution >= 4 is 18.4 Å². The van der Waals surface area contributed by atoms with Gasteiger partial charge in [0.25, 0.3) is 0 Å². The summed E-state index contributed by atoms with van der Waals surface area (Å²) in [5.74, 6) is -1.10. The van der Waals surface area contributed by atoms with Crippen LogP contribution in [0.25, 0.3) is 0 Å². The molecule has 10 heteroatoms. The highest BCUT2D eigenvalue weighted by Gasteiger charge is 2.49. The van der Waals surface area contributed by atoms with E-state index in [9.17, 15) is 21.6 Å². The highest BCUT2D eigenvalue weighted by atomic mass is 32.2. The molecule has 1 aliphatic heterocycles. The number of unbranched alkanes of at least 4 members (excludes halogenated alkanes) is 1. The Morgan fingerprint density at radius 2 is 1.82 bits per heavy atom. The second-order valence-electron chi connectivity index (χ2n) is 10.9. The van der Waals surface area contributed by atoms with Gasteiger partial charge in [0.2, 0.25) is 0 Å². The van der Waals surface area contributed by atoms with Crippen LogP contribution in [-0.2, 0) is 23.5 Å². The minimum absolute atomic E-state index is 0.0691. The summed E-state index contributed by atoms with van der Waals surface area (Å²) in [7, 11) is -7.95. The molecule has 1 fully saturated rings. The third-order valence-electron chi connectivity index (χ3n) is 6.87. The molecule has 0 aromatic carbocycles. The van der Waals surface area contributed by atoms with E-state index in [0.29, 0.717) is 12.8 Å². The molecule has 2 unspecified atom stereocenters. The SMILES string of the molecule is C=C1CC(CCCC)OC1CC[C@H](C[C@@H](C)C(=C)OS(=O)(=O)C(F)(F)F)O[Si](C)(C)C(C)(C)C. The predicted molar refractivity (Wildman–Crippen MR) is 132 cm³/mol. The summed E-state index contributed by atoms with van der Waals surface area (Å²) in [5.41, 5.74) is -4.44. The Balaban J connectivity index is 2.91. The Hall–Kier alpha value is -0.843. The molecule has 4 atom stereocenters. The summed E-state index contributed by atoms with van der Waals surface area (Å²) in [6, 6.07) is 0. The molecule has 1 saturated heterocycles. The van der Waals surface area contributed by atoms with Gasteiger partial charge in [-0.2, -0.15) is 21.6 Å². The van der Waals surface area contributed by atoms with Crippen LogP contribution in [0.4, 0.5) is 13.2 Å². The minimum atomic E-state index is -5.75. The van der Waals surface area contributed by atoms with Gasteiger partial charge in [-0.1, -0.05) is 60.6 Å². The fourth-order valence-corrected chi connectivity index (χ4v) is 5.57. The first-order chi connectivity index (χ1) is 15.3. The Morgan fingerprint density at radius 3 is 2.32 bits per heavy atom. The summed E-state index contributed by atoms with van der Waals surface area (Å²) in [5, 5.41) is -0.0691. The summed E-state index contributed by atoms with van der Waals surface area (Å²) in [6.07, 6.45) is 5.42. The second-order valence-corrected chi connectivity index (χ2v) is 17.2. The third kappa shape index (κ3) is 8.99. The largest absolute Gasteiger partial charge is 0.534 e. The van der Waals surface area contributed by atoms with Gasteiger partial charge in [0, 0.05) is 12.0 Å². The number of hydrogen-bond donors (Lipinski definition) is 0. The van der Waals surface area contributed by atoms with Gasteiger partial charge in [-0.05, 0) is 55.8 Å². The molecule has 34 heavy (non-hydrogen) atoms. The van der Waals surface area contributed by atoms with Crippen LogP contribution < -0.4 is 0 Å². The molecule has 0 aliphatic carbocycles. The van der Waals surface area contributed by atoms with E-state index < -0.39 is 35.6 Å². The van der Waals surface area contributed by atoms with Crippen LogP contribution in [0.3, 0.4) is 0 Å². The summed E-state index contributed by atoms with van der Waals surface area (Å²) < 4.78 is 78.0. The molecular formula is C24H43F3O5SSi. The minimum Gasteiger partial charge on any atom is -0.414 e. The molecule has 5 nitrogen and oxygen atoms in total. The average molecular weight is 529 g/mol. The molecule has 1 aliphatic rings. The van der Waals surface area contributed by atoms with Crippen molar-refractivity contribution in [1.29, 1.82) is 0 Å². The van der Waals surface area contributed by atoms with Crippen LogP contribution in [0.5, 0.6) is 0 Å². The van der Waals surface area contributed by atoms with E-state index in [1.165, 1.54) is 0 Å². The smallest absolute Gasteiger partial charge is 0.414 e. The average Bonchev–Trinajstić information content (AvgIpc) is 3.01. The normalized spacial score (nSPS) is 22.0. The van der Waals surface area contributed by atoms with E-state index in [1.807, 2.05) is 0 Å². The zero-order valence-electron chi connectivity index (χ0n) is 21.8. The fourth-order valence-electron chi connectivity index (χ4n) is 3.63. The van der Waals surface area contributed by atoms with E-state index >= 15 is 0 Å². The van der Waals surface area contributed by atoms with Gasteiger partial charge >= 0.3 is 15.6 Å². The maximum absolute atomic E-state index is 12.7. The van der Waals surface area contributed by atoms with Crippen molar-refractivity contribution in [3.8, 4) is 0 Å². The van der Waals surface area contributed by atoms with Crippen LogP contribution in [0.1, 0.15) is 79.6 Å². The standard InChI is InChI=1S/C24H43F3O5SSi/c1-10-11-12-20-16-18(3)22(30-20)14-13-21(32-34(8,9)23(5,6)7)15-17(2)19(4)31-33(28,29)24(25,26)27/h17,20-22H,3-4,10-16H2,1-2,5-9H3/t17-,20?,21-,22?/m1/s1. The van der Waals surface area contributed by atoms with Crippen molar-refractivity contribution in [2.75, 3.05) is 0 Å². The van der Waals surface area contributed by atoms with E-state index in [0.717, 1.165) is 31.3 Å². The van der Waals surface area contributed by atoms with E-state index in [4.69, 9.17) is 9.16 Å². The van der Waals surface area contributed by atoms with Crippen LogP contribution in [0.15, 0.2) is 24.5 Å². The van der Waals surface area contributed by atoms with Gasteiger partial charge in [0.15, 0.2) is 8.32 Å². The third-order valence-corrected chi connectivity index (χ3v) is 12.4. The monoisotopic (exact) mass is 528 g/mol. The lowest BCUT2D eigenvalue weighted by Crippen LogP contribution is -2.44. The van der Waals surface area contributed by atoms with E-state index in [2.05, 4.69) is 58.1 Å². The first-order valence-electron chi connectivity index (χ1n) is 12.0. The molecule has 0 aromatic rings. The highest BCUT2D eigenvalue weighted by molar-refractivity contribution is 7.87. The van der Waals surface area contributed by atoms with Crippen molar-refractivity contribution in [1.82, 2.24) is 0 Å². The molecule has 200 valence electrons. The zero-order chi connectivity index (χ0) is 26.5. The molecule has 0 amide bonds. The molecule has 0 N–H and O–H groups in total. The maximum Gasteiger partial charge on any atom is 0.534 e. The number of allylic oxidation sites excluding steroid dienone is 1. The van der Waals surface area contributed by atoms with Crippen molar-refractivity contribution in [2.45, 2.75) is 122 Å². The molecule has 1 rings (SSSR count). The van der Waals surface area contributed by atoms with Gasteiger partial charge in [-0.15, -0.1) is 0 Å². The maximum atomic E-state index is 12.7. The summed E-state index contributed by atoms with van der Waals surface area (Å²) in [4.78, 5) is 0. The number of ether oxygens (including phenoxy) is 1. The van der Waals surface area contributed by atoms with E-state index in [-0.39, 0.29) is 29.8 Å². The molecule has 0 bridgehead atoms. The summed E-state index contributed by atoms with van der Waals surface area (Å²) in [6.45, 7) is 21.9. The quantitative estimate of drug-likeness (QED) is 0.0816. The van der Waals surface area contributed by atoms with Crippen molar-refractivity contribution in [3.05, 3.63) is 24.5 Å². The number of rotatable bonds is 13. The number of hydrogen-bond acceptors (Lipinski definition) is 5. The van der Waals surface area contributed by atoms with Gasteiger partial charge in [0.05, 0.1) is 12.2 Å². The lowest BCUT2D eigenvalue weighted by Gasteiger charge is -2.40. The number of alkyl halides is 3. The Morgan fingerprint density at radius 1 is 1.24 bits per heavy atom. The van der Waals surface area contributed by atoms with Gasteiger partial charge in [0.1, 0.15) is 5.76 Å². The zero-order valence-corrected chi connectivity index (χ0v) is 23.6. The topological polar surface area (TPSA) is 61.8 Å². The van der Waals surface area contributed by atoms with Crippen LogP contribution in [-0.4, -0.2) is 40.6 Å². The van der Waals surface area contributed by atoms with E-state index in [1.54, 1.807) is 6.92 Å². The highest BCUT2D eigenvalue weighted by Crippen LogP contribution is 2.40. The first kappa shape index (κ1) is 31.2.